The fourth-order valence-electron chi connectivity index (χ4n) is 1.46. The van der Waals surface area contributed by atoms with Gasteiger partial charge in [0.15, 0.2) is 0 Å². The normalized spacial score (nSPS) is 20.2. The fraction of sp³-hybridized carbons (Fsp3) is 0.333. The summed E-state index contributed by atoms with van der Waals surface area (Å²) in [5.41, 5.74) is 6.65. The lowest BCUT2D eigenvalue weighted by Crippen LogP contribution is -2.13. The molecule has 0 aliphatic carbocycles. The zero-order chi connectivity index (χ0) is 8.55. The molecule has 0 fully saturated rings. The van der Waals surface area contributed by atoms with Gasteiger partial charge in [0.2, 0.25) is 0 Å². The average molecular weight is 165 g/mol. The number of nitrogens with two attached hydrogens (primary N) is 1. The third kappa shape index (κ3) is 1.02. The standard InChI is InChI=1S/C9H11NO2/c10-4-6-5-12-9-3-7(11)1-2-8(6)9/h1-3,6,11H,4-5,10H2. The predicted octanol–water partition coefficient (Wildman–Crippen LogP) is 0.827. The summed E-state index contributed by atoms with van der Waals surface area (Å²) in [4.78, 5) is 0. The van der Waals surface area contributed by atoms with Crippen LogP contribution < -0.4 is 10.5 Å². The van der Waals surface area contributed by atoms with Crippen LogP contribution in [-0.2, 0) is 0 Å². The highest BCUT2D eigenvalue weighted by Gasteiger charge is 2.22. The molecule has 1 aromatic carbocycles. The molecule has 1 unspecified atom stereocenters. The van der Waals surface area contributed by atoms with Gasteiger partial charge in [-0.15, -0.1) is 0 Å². The van der Waals surface area contributed by atoms with Crippen LogP contribution in [0.1, 0.15) is 11.5 Å². The van der Waals surface area contributed by atoms with Gasteiger partial charge in [-0.05, 0) is 6.07 Å². The van der Waals surface area contributed by atoms with Crippen molar-refractivity contribution >= 4 is 0 Å². The van der Waals surface area contributed by atoms with Crippen LogP contribution >= 0.6 is 0 Å². The Morgan fingerprint density at radius 1 is 1.58 bits per heavy atom. The van der Waals surface area contributed by atoms with Gasteiger partial charge in [0.1, 0.15) is 11.5 Å². The molecule has 3 heteroatoms. The Morgan fingerprint density at radius 2 is 2.42 bits per heavy atom. The summed E-state index contributed by atoms with van der Waals surface area (Å²) in [6, 6.07) is 5.16. The minimum Gasteiger partial charge on any atom is -0.508 e. The Labute approximate surface area is 70.8 Å². The highest BCUT2D eigenvalue weighted by atomic mass is 16.5. The van der Waals surface area contributed by atoms with Crippen molar-refractivity contribution < 1.29 is 9.84 Å². The van der Waals surface area contributed by atoms with Crippen molar-refractivity contribution in [2.24, 2.45) is 5.73 Å². The lowest BCUT2D eigenvalue weighted by Gasteiger charge is -2.02. The molecule has 0 aromatic heterocycles. The summed E-state index contributed by atoms with van der Waals surface area (Å²) in [6.45, 7) is 1.23. The van der Waals surface area contributed by atoms with E-state index in [0.29, 0.717) is 19.1 Å². The van der Waals surface area contributed by atoms with Crippen molar-refractivity contribution in [1.29, 1.82) is 0 Å². The molecule has 1 aromatic rings. The van der Waals surface area contributed by atoms with Gasteiger partial charge in [0.25, 0.3) is 0 Å². The van der Waals surface area contributed by atoms with Crippen LogP contribution in [0.3, 0.4) is 0 Å². The molecule has 12 heavy (non-hydrogen) atoms. The number of rotatable bonds is 1. The van der Waals surface area contributed by atoms with Crippen LogP contribution in [-0.4, -0.2) is 18.3 Å². The highest BCUT2D eigenvalue weighted by molar-refractivity contribution is 5.44. The van der Waals surface area contributed by atoms with Crippen LogP contribution in [0.15, 0.2) is 18.2 Å². The molecular formula is C9H11NO2. The van der Waals surface area contributed by atoms with Gasteiger partial charge in [-0.25, -0.2) is 0 Å². The van der Waals surface area contributed by atoms with Gasteiger partial charge < -0.3 is 15.6 Å². The largest absolute Gasteiger partial charge is 0.508 e. The highest BCUT2D eigenvalue weighted by Crippen LogP contribution is 2.35. The molecule has 0 spiro atoms. The minimum atomic E-state index is 0.242. The second kappa shape index (κ2) is 2.68. The summed E-state index contributed by atoms with van der Waals surface area (Å²) in [5, 5.41) is 9.14. The van der Waals surface area contributed by atoms with Gasteiger partial charge in [0.05, 0.1) is 6.61 Å². The van der Waals surface area contributed by atoms with Gasteiger partial charge in [0, 0.05) is 24.1 Å². The second-order valence-electron chi connectivity index (χ2n) is 2.97. The van der Waals surface area contributed by atoms with Crippen LogP contribution in [0.5, 0.6) is 11.5 Å². The molecular weight excluding hydrogens is 154 g/mol. The van der Waals surface area contributed by atoms with E-state index >= 15 is 0 Å². The van der Waals surface area contributed by atoms with Crippen molar-refractivity contribution in [2.45, 2.75) is 5.92 Å². The zero-order valence-corrected chi connectivity index (χ0v) is 6.66. The topological polar surface area (TPSA) is 55.5 Å². The molecule has 3 N–H and O–H groups in total. The molecule has 1 heterocycles. The summed E-state index contributed by atoms with van der Waals surface area (Å²) in [5.74, 6) is 1.30. The van der Waals surface area contributed by atoms with E-state index in [-0.39, 0.29) is 5.75 Å². The zero-order valence-electron chi connectivity index (χ0n) is 6.66. The summed E-state index contributed by atoms with van der Waals surface area (Å²) in [7, 11) is 0. The molecule has 1 aliphatic heterocycles. The Kier molecular flexibility index (Phi) is 1.66. The van der Waals surface area contributed by atoms with E-state index in [1.165, 1.54) is 0 Å². The van der Waals surface area contributed by atoms with E-state index in [9.17, 15) is 0 Å². The number of benzene rings is 1. The van der Waals surface area contributed by atoms with Gasteiger partial charge in [-0.3, -0.25) is 0 Å². The molecule has 0 saturated carbocycles. The molecule has 0 amide bonds. The first-order valence-electron chi connectivity index (χ1n) is 3.97. The first-order valence-corrected chi connectivity index (χ1v) is 3.97. The minimum absolute atomic E-state index is 0.242. The SMILES string of the molecule is NCC1COc2cc(O)ccc21. The Balaban J connectivity index is 2.40. The average Bonchev–Trinajstić information content (AvgIpc) is 2.46. The fourth-order valence-corrected chi connectivity index (χ4v) is 1.46. The van der Waals surface area contributed by atoms with Gasteiger partial charge in [-0.2, -0.15) is 0 Å². The van der Waals surface area contributed by atoms with Crippen LogP contribution in [0.4, 0.5) is 0 Å². The molecule has 0 bridgehead atoms. The van der Waals surface area contributed by atoms with Crippen molar-refractivity contribution in [3.63, 3.8) is 0 Å². The van der Waals surface area contributed by atoms with Crippen molar-refractivity contribution in [2.75, 3.05) is 13.2 Å². The number of fused-ring (bicyclic) bond motifs is 1. The molecule has 64 valence electrons. The molecule has 1 aliphatic rings. The summed E-state index contributed by atoms with van der Waals surface area (Å²) in [6.07, 6.45) is 0. The number of hydrogen-bond donors (Lipinski definition) is 2. The maximum Gasteiger partial charge on any atom is 0.126 e. The van der Waals surface area contributed by atoms with E-state index in [4.69, 9.17) is 15.6 Å². The van der Waals surface area contributed by atoms with Crippen molar-refractivity contribution in [3.8, 4) is 11.5 Å². The van der Waals surface area contributed by atoms with Crippen LogP contribution in [0.25, 0.3) is 0 Å². The van der Waals surface area contributed by atoms with Crippen LogP contribution in [0, 0.1) is 0 Å². The van der Waals surface area contributed by atoms with Crippen molar-refractivity contribution in [3.05, 3.63) is 23.8 Å². The Bertz CT molecular complexity index is 299. The summed E-state index contributed by atoms with van der Waals surface area (Å²) < 4.78 is 5.34. The van der Waals surface area contributed by atoms with E-state index in [1.807, 2.05) is 6.07 Å². The molecule has 3 nitrogen and oxygen atoms in total. The third-order valence-electron chi connectivity index (χ3n) is 2.16. The molecule has 2 rings (SSSR count). The van der Waals surface area contributed by atoms with Crippen molar-refractivity contribution in [1.82, 2.24) is 0 Å². The van der Waals surface area contributed by atoms with Gasteiger partial charge in [-0.1, -0.05) is 6.07 Å². The van der Waals surface area contributed by atoms with E-state index in [2.05, 4.69) is 0 Å². The number of aromatic hydroxyl groups is 1. The first-order chi connectivity index (χ1) is 5.81. The predicted molar refractivity (Wildman–Crippen MR) is 45.4 cm³/mol. The number of phenols is 1. The smallest absolute Gasteiger partial charge is 0.126 e. The van der Waals surface area contributed by atoms with Gasteiger partial charge >= 0.3 is 0 Å². The molecule has 0 saturated heterocycles. The van der Waals surface area contributed by atoms with Crippen LogP contribution in [0.2, 0.25) is 0 Å². The lowest BCUT2D eigenvalue weighted by atomic mass is 10.0. The number of phenolic OH excluding ortho intramolecular Hbond substituents is 1. The maximum absolute atomic E-state index is 9.14. The second-order valence-corrected chi connectivity index (χ2v) is 2.97. The Morgan fingerprint density at radius 3 is 3.17 bits per heavy atom. The monoisotopic (exact) mass is 165 g/mol. The van der Waals surface area contributed by atoms with E-state index in [0.717, 1.165) is 11.3 Å². The first kappa shape index (κ1) is 7.43. The lowest BCUT2D eigenvalue weighted by molar-refractivity contribution is 0.331. The van der Waals surface area contributed by atoms with E-state index < -0.39 is 0 Å². The molecule has 1 atom stereocenters. The number of hydrogen-bond acceptors (Lipinski definition) is 3. The Hall–Kier alpha value is -1.22. The quantitative estimate of drug-likeness (QED) is 0.648. The maximum atomic E-state index is 9.14. The number of ether oxygens (including phenoxy) is 1. The molecule has 0 radical (unpaired) electrons. The summed E-state index contributed by atoms with van der Waals surface area (Å²) >= 11 is 0. The van der Waals surface area contributed by atoms with E-state index in [1.54, 1.807) is 12.1 Å². The third-order valence-corrected chi connectivity index (χ3v) is 2.16.